The van der Waals surface area contributed by atoms with Gasteiger partial charge < -0.3 is 10.6 Å². The number of benzene rings is 1. The van der Waals surface area contributed by atoms with Gasteiger partial charge in [0.05, 0.1) is 6.54 Å². The zero-order valence-electron chi connectivity index (χ0n) is 9.96. The first-order valence-electron chi connectivity index (χ1n) is 5.82. The molecule has 2 N–H and O–H groups in total. The number of thioether (sulfide) groups is 1. The van der Waals surface area contributed by atoms with E-state index in [9.17, 15) is 18.0 Å². The van der Waals surface area contributed by atoms with Gasteiger partial charge in [0.15, 0.2) is 0 Å². The van der Waals surface area contributed by atoms with Crippen LogP contribution in [0.25, 0.3) is 0 Å². The molecule has 0 heterocycles. The van der Waals surface area contributed by atoms with Crippen molar-refractivity contribution in [3.8, 4) is 0 Å². The number of carbonyl (C=O) groups is 1. The Morgan fingerprint density at radius 3 is 2.63 bits per heavy atom. The summed E-state index contributed by atoms with van der Waals surface area (Å²) in [6.07, 6.45) is 1.96. The van der Waals surface area contributed by atoms with Crippen LogP contribution in [0, 0.1) is 0 Å². The van der Waals surface area contributed by atoms with Crippen molar-refractivity contribution in [2.45, 2.75) is 29.3 Å². The number of nitrogens with one attached hydrogen (secondary N) is 2. The number of hydrogen-bond acceptors (Lipinski definition) is 3. The smallest absolute Gasteiger partial charge is 0.375 e. The van der Waals surface area contributed by atoms with Crippen LogP contribution in [0.2, 0.25) is 0 Å². The van der Waals surface area contributed by atoms with E-state index in [4.69, 9.17) is 0 Å². The maximum Gasteiger partial charge on any atom is 0.446 e. The van der Waals surface area contributed by atoms with Gasteiger partial charge in [-0.15, -0.1) is 0 Å². The Bertz CT molecular complexity index is 461. The molecule has 104 valence electrons. The second kappa shape index (κ2) is 5.73. The lowest BCUT2D eigenvalue weighted by Gasteiger charge is -2.12. The molecular weight excluding hydrogens is 277 g/mol. The van der Waals surface area contributed by atoms with E-state index in [1.807, 2.05) is 0 Å². The fourth-order valence-electron chi connectivity index (χ4n) is 1.51. The molecule has 0 radical (unpaired) electrons. The van der Waals surface area contributed by atoms with Crippen molar-refractivity contribution in [1.82, 2.24) is 5.32 Å². The van der Waals surface area contributed by atoms with Gasteiger partial charge in [0.1, 0.15) is 0 Å². The minimum absolute atomic E-state index is 0.0219. The average Bonchev–Trinajstić information content (AvgIpc) is 3.10. The normalized spacial score (nSPS) is 15.1. The number of alkyl halides is 3. The standard InChI is InChI=1S/C12H13F3N2OS/c13-12(14,15)19-10-4-2-1-3-9(10)16-7-11(18)17-8-5-6-8/h1-4,8,16H,5-7H2,(H,17,18). The summed E-state index contributed by atoms with van der Waals surface area (Å²) in [5.74, 6) is -0.200. The molecule has 3 nitrogen and oxygen atoms in total. The molecule has 0 bridgehead atoms. The first-order chi connectivity index (χ1) is 8.94. The highest BCUT2D eigenvalue weighted by molar-refractivity contribution is 8.00. The monoisotopic (exact) mass is 290 g/mol. The van der Waals surface area contributed by atoms with Gasteiger partial charge in [0, 0.05) is 16.6 Å². The summed E-state index contributed by atoms with van der Waals surface area (Å²) < 4.78 is 37.1. The van der Waals surface area contributed by atoms with Gasteiger partial charge in [0.25, 0.3) is 0 Å². The molecule has 1 aliphatic rings. The Kier molecular flexibility index (Phi) is 4.24. The van der Waals surface area contributed by atoms with Crippen molar-refractivity contribution in [2.75, 3.05) is 11.9 Å². The van der Waals surface area contributed by atoms with Crippen LogP contribution in [-0.4, -0.2) is 24.0 Å². The molecular formula is C12H13F3N2OS. The third-order valence-corrected chi connectivity index (χ3v) is 3.30. The summed E-state index contributed by atoms with van der Waals surface area (Å²) in [5, 5.41) is 5.50. The van der Waals surface area contributed by atoms with E-state index in [-0.39, 0.29) is 35.2 Å². The SMILES string of the molecule is O=C(CNc1ccccc1SC(F)(F)F)NC1CC1. The maximum atomic E-state index is 12.4. The average molecular weight is 290 g/mol. The highest BCUT2D eigenvalue weighted by Gasteiger charge is 2.30. The third-order valence-electron chi connectivity index (χ3n) is 2.49. The Morgan fingerprint density at radius 2 is 2.00 bits per heavy atom. The zero-order valence-corrected chi connectivity index (χ0v) is 10.8. The molecule has 0 aromatic heterocycles. The van der Waals surface area contributed by atoms with Crippen LogP contribution in [-0.2, 0) is 4.79 Å². The molecule has 2 rings (SSSR count). The summed E-state index contributed by atoms with van der Waals surface area (Å²) in [6, 6.07) is 6.30. The molecule has 1 fully saturated rings. The Morgan fingerprint density at radius 1 is 1.32 bits per heavy atom. The minimum Gasteiger partial charge on any atom is -0.375 e. The van der Waals surface area contributed by atoms with Crippen LogP contribution in [0.4, 0.5) is 18.9 Å². The molecule has 0 spiro atoms. The van der Waals surface area contributed by atoms with Crippen LogP contribution in [0.3, 0.4) is 0 Å². The predicted octanol–water partition coefficient (Wildman–Crippen LogP) is 2.99. The third kappa shape index (κ3) is 5.02. The number of rotatable bonds is 5. The Hall–Kier alpha value is -1.37. The second-order valence-electron chi connectivity index (χ2n) is 4.24. The molecule has 1 aliphatic carbocycles. The van der Waals surface area contributed by atoms with E-state index in [0.717, 1.165) is 12.8 Å². The second-order valence-corrected chi connectivity index (χ2v) is 5.35. The zero-order chi connectivity index (χ0) is 13.9. The molecule has 0 saturated heterocycles. The fourth-order valence-corrected chi connectivity index (χ4v) is 2.15. The topological polar surface area (TPSA) is 41.1 Å². The lowest BCUT2D eigenvalue weighted by molar-refractivity contribution is -0.119. The highest BCUT2D eigenvalue weighted by Crippen LogP contribution is 2.40. The summed E-state index contributed by atoms with van der Waals surface area (Å²) in [5.41, 5.74) is -4.02. The molecule has 1 aromatic rings. The summed E-state index contributed by atoms with van der Waals surface area (Å²) in [6.45, 7) is -0.0219. The Labute approximate surface area is 112 Å². The van der Waals surface area contributed by atoms with Crippen molar-refractivity contribution < 1.29 is 18.0 Å². The predicted molar refractivity (Wildman–Crippen MR) is 68.0 cm³/mol. The number of amides is 1. The number of anilines is 1. The van der Waals surface area contributed by atoms with Crippen LogP contribution in [0.5, 0.6) is 0 Å². The van der Waals surface area contributed by atoms with Gasteiger partial charge >= 0.3 is 5.51 Å². The van der Waals surface area contributed by atoms with Crippen LogP contribution >= 0.6 is 11.8 Å². The molecule has 1 saturated carbocycles. The number of carbonyl (C=O) groups excluding carboxylic acids is 1. The van der Waals surface area contributed by atoms with Crippen molar-refractivity contribution in [3.05, 3.63) is 24.3 Å². The minimum atomic E-state index is -4.34. The van der Waals surface area contributed by atoms with E-state index in [1.54, 1.807) is 6.07 Å². The van der Waals surface area contributed by atoms with E-state index >= 15 is 0 Å². The molecule has 0 atom stereocenters. The highest BCUT2D eigenvalue weighted by atomic mass is 32.2. The fraction of sp³-hybridized carbons (Fsp3) is 0.417. The van der Waals surface area contributed by atoms with Gasteiger partial charge in [-0.05, 0) is 36.7 Å². The lowest BCUT2D eigenvalue weighted by Crippen LogP contribution is -2.31. The van der Waals surface area contributed by atoms with Crippen LogP contribution in [0.15, 0.2) is 29.2 Å². The van der Waals surface area contributed by atoms with Gasteiger partial charge in [-0.25, -0.2) is 0 Å². The molecule has 19 heavy (non-hydrogen) atoms. The van der Waals surface area contributed by atoms with Crippen LogP contribution in [0.1, 0.15) is 12.8 Å². The molecule has 0 unspecified atom stereocenters. The van der Waals surface area contributed by atoms with Crippen molar-refractivity contribution in [3.63, 3.8) is 0 Å². The first-order valence-corrected chi connectivity index (χ1v) is 6.64. The van der Waals surface area contributed by atoms with E-state index < -0.39 is 5.51 Å². The summed E-state index contributed by atoms with van der Waals surface area (Å²) >= 11 is -0.189. The van der Waals surface area contributed by atoms with Gasteiger partial charge in [-0.2, -0.15) is 13.2 Å². The van der Waals surface area contributed by atoms with Crippen LogP contribution < -0.4 is 10.6 Å². The van der Waals surface area contributed by atoms with Crippen molar-refractivity contribution in [1.29, 1.82) is 0 Å². The summed E-state index contributed by atoms with van der Waals surface area (Å²) in [7, 11) is 0. The van der Waals surface area contributed by atoms with E-state index in [1.165, 1.54) is 18.2 Å². The van der Waals surface area contributed by atoms with E-state index in [0.29, 0.717) is 5.69 Å². The van der Waals surface area contributed by atoms with Gasteiger partial charge in [0.2, 0.25) is 5.91 Å². The van der Waals surface area contributed by atoms with Gasteiger partial charge in [-0.3, -0.25) is 4.79 Å². The number of para-hydroxylation sites is 1. The molecule has 1 aromatic carbocycles. The van der Waals surface area contributed by atoms with Crippen molar-refractivity contribution >= 4 is 23.4 Å². The maximum absolute atomic E-state index is 12.4. The van der Waals surface area contributed by atoms with E-state index in [2.05, 4.69) is 10.6 Å². The van der Waals surface area contributed by atoms with Crippen molar-refractivity contribution in [2.24, 2.45) is 0 Å². The quantitative estimate of drug-likeness (QED) is 0.819. The largest absolute Gasteiger partial charge is 0.446 e. The van der Waals surface area contributed by atoms with Gasteiger partial charge in [-0.1, -0.05) is 12.1 Å². The first kappa shape index (κ1) is 14.0. The molecule has 7 heteroatoms. The lowest BCUT2D eigenvalue weighted by atomic mass is 10.3. The Balaban J connectivity index is 1.93. The summed E-state index contributed by atoms with van der Waals surface area (Å²) in [4.78, 5) is 11.5. The number of hydrogen-bond donors (Lipinski definition) is 2. The number of halogens is 3. The molecule has 1 amide bonds. The molecule has 0 aliphatic heterocycles.